The molecule has 0 radical (unpaired) electrons. The molecular weight excluding hydrogens is 236 g/mol. The van der Waals surface area contributed by atoms with Crippen LogP contribution in [0.15, 0.2) is 41.3 Å². The smallest absolute Gasteiger partial charge is 0.258 e. The third-order valence-corrected chi connectivity index (χ3v) is 3.98. The minimum absolute atomic E-state index is 0.0988. The van der Waals surface area contributed by atoms with Crippen LogP contribution < -0.4 is 10.9 Å². The molecule has 2 aromatic rings. The van der Waals surface area contributed by atoms with Crippen LogP contribution in [-0.2, 0) is 6.54 Å². The first-order valence-electron chi connectivity index (χ1n) is 6.92. The van der Waals surface area contributed by atoms with Crippen molar-refractivity contribution in [3.05, 3.63) is 46.9 Å². The minimum Gasteiger partial charge on any atom is -0.315 e. The molecule has 0 aliphatic carbocycles. The molecule has 0 saturated carbocycles. The van der Waals surface area contributed by atoms with Gasteiger partial charge in [-0.25, -0.2) is 0 Å². The SMILES string of the molecule is CCC(C)C(Cn1ccc2ccccc2c1=O)NC. The van der Waals surface area contributed by atoms with Gasteiger partial charge in [0.2, 0.25) is 0 Å². The maximum atomic E-state index is 12.4. The first-order chi connectivity index (χ1) is 9.17. The summed E-state index contributed by atoms with van der Waals surface area (Å²) in [6, 6.07) is 10.1. The molecule has 0 saturated heterocycles. The van der Waals surface area contributed by atoms with Crippen LogP contribution in [0, 0.1) is 5.92 Å². The zero-order chi connectivity index (χ0) is 13.8. The molecule has 1 aromatic carbocycles. The monoisotopic (exact) mass is 258 g/mol. The highest BCUT2D eigenvalue weighted by Crippen LogP contribution is 2.11. The van der Waals surface area contributed by atoms with E-state index < -0.39 is 0 Å². The highest BCUT2D eigenvalue weighted by Gasteiger charge is 2.15. The Hall–Kier alpha value is -1.61. The molecule has 0 bridgehead atoms. The Morgan fingerprint density at radius 2 is 2.00 bits per heavy atom. The Morgan fingerprint density at radius 3 is 2.68 bits per heavy atom. The number of hydrogen-bond donors (Lipinski definition) is 1. The molecule has 1 heterocycles. The van der Waals surface area contributed by atoms with E-state index >= 15 is 0 Å². The molecule has 1 N–H and O–H groups in total. The van der Waals surface area contributed by atoms with Gasteiger partial charge in [0.1, 0.15) is 0 Å². The quantitative estimate of drug-likeness (QED) is 0.894. The molecule has 0 amide bonds. The second-order valence-electron chi connectivity index (χ2n) is 5.14. The lowest BCUT2D eigenvalue weighted by Crippen LogP contribution is -2.38. The van der Waals surface area contributed by atoms with E-state index in [4.69, 9.17) is 0 Å². The fourth-order valence-electron chi connectivity index (χ4n) is 2.43. The van der Waals surface area contributed by atoms with Crippen molar-refractivity contribution < 1.29 is 0 Å². The predicted octanol–water partition coefficient (Wildman–Crippen LogP) is 2.64. The van der Waals surface area contributed by atoms with E-state index in [9.17, 15) is 4.79 Å². The number of likely N-dealkylation sites (N-methyl/N-ethyl adjacent to an activating group) is 1. The lowest BCUT2D eigenvalue weighted by Gasteiger charge is -2.23. The Bertz CT molecular complexity index is 603. The average Bonchev–Trinajstić information content (AvgIpc) is 2.46. The van der Waals surface area contributed by atoms with Crippen LogP contribution in [0.1, 0.15) is 20.3 Å². The summed E-state index contributed by atoms with van der Waals surface area (Å²) < 4.78 is 1.82. The fourth-order valence-corrected chi connectivity index (χ4v) is 2.43. The number of nitrogens with zero attached hydrogens (tertiary/aromatic N) is 1. The molecular formula is C16H22N2O. The van der Waals surface area contributed by atoms with Crippen molar-refractivity contribution in [1.82, 2.24) is 9.88 Å². The van der Waals surface area contributed by atoms with Gasteiger partial charge in [-0.05, 0) is 30.5 Å². The molecule has 102 valence electrons. The van der Waals surface area contributed by atoms with Gasteiger partial charge in [0.25, 0.3) is 5.56 Å². The predicted molar refractivity (Wildman–Crippen MR) is 80.5 cm³/mol. The van der Waals surface area contributed by atoms with Crippen molar-refractivity contribution in [1.29, 1.82) is 0 Å². The van der Waals surface area contributed by atoms with E-state index in [0.717, 1.165) is 23.7 Å². The normalized spacial score (nSPS) is 14.5. The van der Waals surface area contributed by atoms with Gasteiger partial charge in [0, 0.05) is 24.2 Å². The van der Waals surface area contributed by atoms with Crippen LogP contribution in [0.25, 0.3) is 10.8 Å². The number of nitrogens with one attached hydrogen (secondary N) is 1. The molecule has 0 fully saturated rings. The third-order valence-electron chi connectivity index (χ3n) is 3.98. The van der Waals surface area contributed by atoms with Gasteiger partial charge < -0.3 is 9.88 Å². The van der Waals surface area contributed by atoms with Crippen LogP contribution in [-0.4, -0.2) is 17.7 Å². The second-order valence-corrected chi connectivity index (χ2v) is 5.14. The number of hydrogen-bond acceptors (Lipinski definition) is 2. The van der Waals surface area contributed by atoms with Gasteiger partial charge in [-0.3, -0.25) is 4.79 Å². The van der Waals surface area contributed by atoms with Crippen molar-refractivity contribution in [2.24, 2.45) is 5.92 Å². The van der Waals surface area contributed by atoms with Crippen LogP contribution in [0.2, 0.25) is 0 Å². The molecule has 0 aliphatic heterocycles. The van der Waals surface area contributed by atoms with E-state index in [2.05, 4.69) is 19.2 Å². The highest BCUT2D eigenvalue weighted by atomic mass is 16.1. The number of fused-ring (bicyclic) bond motifs is 1. The summed E-state index contributed by atoms with van der Waals surface area (Å²) in [4.78, 5) is 12.4. The molecule has 1 aromatic heterocycles. The Kier molecular flexibility index (Phi) is 4.38. The Balaban J connectivity index is 2.35. The Labute approximate surface area is 114 Å². The lowest BCUT2D eigenvalue weighted by molar-refractivity contribution is 0.345. The van der Waals surface area contributed by atoms with Crippen molar-refractivity contribution in [3.8, 4) is 0 Å². The molecule has 2 rings (SSSR count). The van der Waals surface area contributed by atoms with E-state index in [1.165, 1.54) is 0 Å². The van der Waals surface area contributed by atoms with Crippen LogP contribution >= 0.6 is 0 Å². The average molecular weight is 258 g/mol. The van der Waals surface area contributed by atoms with Crippen LogP contribution in [0.5, 0.6) is 0 Å². The molecule has 19 heavy (non-hydrogen) atoms. The van der Waals surface area contributed by atoms with Crippen LogP contribution in [0.4, 0.5) is 0 Å². The van der Waals surface area contributed by atoms with Crippen molar-refractivity contribution in [3.63, 3.8) is 0 Å². The molecule has 0 spiro atoms. The number of pyridine rings is 1. The molecule has 0 aliphatic rings. The minimum atomic E-state index is 0.0988. The summed E-state index contributed by atoms with van der Waals surface area (Å²) in [6.07, 6.45) is 3.01. The van der Waals surface area contributed by atoms with Crippen molar-refractivity contribution in [2.75, 3.05) is 7.05 Å². The van der Waals surface area contributed by atoms with E-state index in [1.54, 1.807) is 0 Å². The first kappa shape index (κ1) is 13.8. The summed E-state index contributed by atoms with van der Waals surface area (Å²) in [5, 5.41) is 5.12. The van der Waals surface area contributed by atoms with Gasteiger partial charge in [-0.2, -0.15) is 0 Å². The molecule has 3 heteroatoms. The third kappa shape index (κ3) is 2.87. The van der Waals surface area contributed by atoms with E-state index in [0.29, 0.717) is 12.0 Å². The fraction of sp³-hybridized carbons (Fsp3) is 0.438. The zero-order valence-electron chi connectivity index (χ0n) is 11.9. The number of benzene rings is 1. The number of aromatic nitrogens is 1. The summed E-state index contributed by atoms with van der Waals surface area (Å²) in [5.74, 6) is 0.545. The molecule has 3 nitrogen and oxygen atoms in total. The zero-order valence-corrected chi connectivity index (χ0v) is 11.9. The van der Waals surface area contributed by atoms with Crippen LogP contribution in [0.3, 0.4) is 0 Å². The van der Waals surface area contributed by atoms with Crippen molar-refractivity contribution in [2.45, 2.75) is 32.9 Å². The van der Waals surface area contributed by atoms with Gasteiger partial charge >= 0.3 is 0 Å². The standard InChI is InChI=1S/C16H22N2O/c1-4-12(2)15(17-3)11-18-10-9-13-7-5-6-8-14(13)16(18)19/h5-10,12,15,17H,4,11H2,1-3H3. The van der Waals surface area contributed by atoms with E-state index in [1.807, 2.05) is 48.1 Å². The van der Waals surface area contributed by atoms with Crippen molar-refractivity contribution >= 4 is 10.8 Å². The maximum absolute atomic E-state index is 12.4. The number of rotatable bonds is 5. The molecule has 2 unspecified atom stereocenters. The van der Waals surface area contributed by atoms with E-state index in [-0.39, 0.29) is 5.56 Å². The second kappa shape index (κ2) is 6.02. The van der Waals surface area contributed by atoms with Gasteiger partial charge in [-0.1, -0.05) is 38.5 Å². The highest BCUT2D eigenvalue weighted by molar-refractivity contribution is 5.81. The first-order valence-corrected chi connectivity index (χ1v) is 6.92. The largest absolute Gasteiger partial charge is 0.315 e. The maximum Gasteiger partial charge on any atom is 0.258 e. The van der Waals surface area contributed by atoms with Gasteiger partial charge in [0.05, 0.1) is 0 Å². The summed E-state index contributed by atoms with van der Waals surface area (Å²) in [5.41, 5.74) is 0.0988. The molecule has 2 atom stereocenters. The lowest BCUT2D eigenvalue weighted by atomic mass is 9.99. The summed E-state index contributed by atoms with van der Waals surface area (Å²) >= 11 is 0. The van der Waals surface area contributed by atoms with Gasteiger partial charge in [-0.15, -0.1) is 0 Å². The summed E-state index contributed by atoms with van der Waals surface area (Å²) in [6.45, 7) is 5.11. The summed E-state index contributed by atoms with van der Waals surface area (Å²) in [7, 11) is 1.96. The topological polar surface area (TPSA) is 34.0 Å². The Morgan fingerprint density at radius 1 is 1.26 bits per heavy atom. The van der Waals surface area contributed by atoms with Gasteiger partial charge in [0.15, 0.2) is 0 Å².